The van der Waals surface area contributed by atoms with E-state index in [0.717, 1.165) is 51.3 Å². The molecule has 0 aliphatic heterocycles. The zero-order valence-corrected chi connectivity index (χ0v) is 16.4. The maximum absolute atomic E-state index is 9.25. The Labute approximate surface area is 147 Å². The summed E-state index contributed by atoms with van der Waals surface area (Å²) >= 11 is 0. The highest BCUT2D eigenvalue weighted by Crippen LogP contribution is 2.30. The Morgan fingerprint density at radius 2 is 1.86 bits per heavy atom. The molecule has 0 bridgehead atoms. The van der Waals surface area contributed by atoms with E-state index in [1.165, 1.54) is 0 Å². The van der Waals surface area contributed by atoms with E-state index in [9.17, 15) is 5.11 Å². The molecule has 0 saturated heterocycles. The fraction of sp³-hybridized carbons (Fsp3) is 0.812. The average molecular weight is 411 g/mol. The van der Waals surface area contributed by atoms with Crippen molar-refractivity contribution in [2.24, 2.45) is 10.4 Å². The number of rotatable bonds is 10. The minimum Gasteiger partial charge on any atom is -0.396 e. The molecule has 0 aromatic carbocycles. The third kappa shape index (κ3) is 10.1. The summed E-state index contributed by atoms with van der Waals surface area (Å²) < 4.78 is 0. The van der Waals surface area contributed by atoms with Crippen LogP contribution < -0.4 is 10.6 Å². The van der Waals surface area contributed by atoms with E-state index in [1.807, 2.05) is 6.92 Å². The molecule has 4 nitrogen and oxygen atoms in total. The largest absolute Gasteiger partial charge is 0.396 e. The Balaban J connectivity index is 0. The SMILES string of the molecule is C/C=C/CCNC(=NCC(CC)(CC)CCO)NCC.I. The van der Waals surface area contributed by atoms with Gasteiger partial charge in [-0.3, -0.25) is 4.99 Å². The van der Waals surface area contributed by atoms with Crippen LogP contribution in [0.25, 0.3) is 0 Å². The Kier molecular flexibility index (Phi) is 16.0. The Hall–Kier alpha value is -0.300. The third-order valence-corrected chi connectivity index (χ3v) is 3.90. The molecule has 0 aromatic rings. The lowest BCUT2D eigenvalue weighted by Crippen LogP contribution is -2.39. The molecule has 0 aromatic heterocycles. The number of guanidine groups is 1. The van der Waals surface area contributed by atoms with E-state index >= 15 is 0 Å². The van der Waals surface area contributed by atoms with Crippen LogP contribution in [-0.4, -0.2) is 37.3 Å². The normalized spacial score (nSPS) is 12.3. The minimum atomic E-state index is 0. The monoisotopic (exact) mass is 411 g/mol. The fourth-order valence-electron chi connectivity index (χ4n) is 2.17. The second-order valence-corrected chi connectivity index (χ2v) is 5.16. The van der Waals surface area contributed by atoms with E-state index in [0.29, 0.717) is 0 Å². The zero-order valence-electron chi connectivity index (χ0n) is 14.1. The van der Waals surface area contributed by atoms with Crippen molar-refractivity contribution in [1.82, 2.24) is 10.6 Å². The van der Waals surface area contributed by atoms with Gasteiger partial charge in [-0.15, -0.1) is 24.0 Å². The maximum Gasteiger partial charge on any atom is 0.191 e. The van der Waals surface area contributed by atoms with E-state index < -0.39 is 0 Å². The topological polar surface area (TPSA) is 56.7 Å². The number of halogens is 1. The summed E-state index contributed by atoms with van der Waals surface area (Å²) in [5.74, 6) is 0.876. The highest BCUT2D eigenvalue weighted by Gasteiger charge is 2.25. The summed E-state index contributed by atoms with van der Waals surface area (Å²) in [7, 11) is 0. The van der Waals surface area contributed by atoms with Crippen LogP contribution in [0.5, 0.6) is 0 Å². The van der Waals surface area contributed by atoms with Gasteiger partial charge in [0.25, 0.3) is 0 Å². The van der Waals surface area contributed by atoms with E-state index in [-0.39, 0.29) is 36.0 Å². The van der Waals surface area contributed by atoms with Gasteiger partial charge < -0.3 is 15.7 Å². The first kappa shape index (κ1) is 23.0. The first-order valence-electron chi connectivity index (χ1n) is 7.92. The number of hydrogen-bond donors (Lipinski definition) is 3. The van der Waals surface area contributed by atoms with Crippen molar-refractivity contribution in [3.8, 4) is 0 Å². The highest BCUT2D eigenvalue weighted by atomic mass is 127. The molecule has 5 heteroatoms. The van der Waals surface area contributed by atoms with Gasteiger partial charge in [0.05, 0.1) is 0 Å². The van der Waals surface area contributed by atoms with Crippen molar-refractivity contribution in [3.05, 3.63) is 12.2 Å². The lowest BCUT2D eigenvalue weighted by atomic mass is 9.79. The number of nitrogens with zero attached hydrogens (tertiary/aromatic N) is 1. The number of hydrogen-bond acceptors (Lipinski definition) is 2. The second-order valence-electron chi connectivity index (χ2n) is 5.16. The Morgan fingerprint density at radius 3 is 2.33 bits per heavy atom. The van der Waals surface area contributed by atoms with Crippen LogP contribution in [0.1, 0.15) is 53.4 Å². The summed E-state index contributed by atoms with van der Waals surface area (Å²) in [6.45, 7) is 11.2. The summed E-state index contributed by atoms with van der Waals surface area (Å²) in [6.07, 6.45) is 8.12. The summed E-state index contributed by atoms with van der Waals surface area (Å²) in [4.78, 5) is 4.70. The van der Waals surface area contributed by atoms with Crippen molar-refractivity contribution >= 4 is 29.9 Å². The van der Waals surface area contributed by atoms with Crippen LogP contribution in [0.4, 0.5) is 0 Å². The molecule has 0 amide bonds. The quantitative estimate of drug-likeness (QED) is 0.170. The van der Waals surface area contributed by atoms with Gasteiger partial charge in [0.1, 0.15) is 0 Å². The van der Waals surface area contributed by atoms with Gasteiger partial charge in [-0.1, -0.05) is 26.0 Å². The number of aliphatic imine (C=N–C) groups is 1. The van der Waals surface area contributed by atoms with E-state index in [1.54, 1.807) is 0 Å². The molecule has 0 saturated carbocycles. The second kappa shape index (κ2) is 14.6. The van der Waals surface area contributed by atoms with Crippen molar-refractivity contribution in [2.75, 3.05) is 26.2 Å². The van der Waals surface area contributed by atoms with Crippen molar-refractivity contribution in [3.63, 3.8) is 0 Å². The van der Waals surface area contributed by atoms with Crippen LogP contribution in [0.15, 0.2) is 17.1 Å². The van der Waals surface area contributed by atoms with Crippen LogP contribution in [0.2, 0.25) is 0 Å². The maximum atomic E-state index is 9.25. The highest BCUT2D eigenvalue weighted by molar-refractivity contribution is 14.0. The first-order valence-corrected chi connectivity index (χ1v) is 7.92. The van der Waals surface area contributed by atoms with Crippen molar-refractivity contribution in [1.29, 1.82) is 0 Å². The number of nitrogens with one attached hydrogen (secondary N) is 2. The molecule has 0 radical (unpaired) electrons. The van der Waals surface area contributed by atoms with Gasteiger partial charge in [-0.05, 0) is 44.9 Å². The van der Waals surface area contributed by atoms with Gasteiger partial charge >= 0.3 is 0 Å². The predicted molar refractivity (Wildman–Crippen MR) is 104 cm³/mol. The standard InChI is InChI=1S/C16H33N3O.HI/c1-5-9-10-12-18-15(17-8-4)19-14-16(6-2,7-3)11-13-20;/h5,9,20H,6-8,10-14H2,1-4H3,(H2,17,18,19);1H/b9-5+;. The van der Waals surface area contributed by atoms with Gasteiger partial charge in [0, 0.05) is 26.2 Å². The lowest BCUT2D eigenvalue weighted by Gasteiger charge is -2.29. The van der Waals surface area contributed by atoms with Gasteiger partial charge in [0.15, 0.2) is 5.96 Å². The molecular weight excluding hydrogens is 377 g/mol. The molecule has 0 rings (SSSR count). The van der Waals surface area contributed by atoms with Crippen LogP contribution >= 0.6 is 24.0 Å². The zero-order chi connectivity index (χ0) is 15.3. The molecule has 0 heterocycles. The fourth-order valence-corrected chi connectivity index (χ4v) is 2.17. The molecular formula is C16H34IN3O. The molecule has 0 aliphatic rings. The molecule has 3 N–H and O–H groups in total. The van der Waals surface area contributed by atoms with Gasteiger partial charge in [-0.25, -0.2) is 0 Å². The molecule has 0 spiro atoms. The number of allylic oxidation sites excluding steroid dienone is 1. The van der Waals surface area contributed by atoms with E-state index in [4.69, 9.17) is 4.99 Å². The van der Waals surface area contributed by atoms with Crippen LogP contribution in [-0.2, 0) is 0 Å². The van der Waals surface area contributed by atoms with E-state index in [2.05, 4.69) is 43.6 Å². The smallest absolute Gasteiger partial charge is 0.191 e. The average Bonchev–Trinajstić information content (AvgIpc) is 2.47. The van der Waals surface area contributed by atoms with Crippen molar-refractivity contribution < 1.29 is 5.11 Å². The summed E-state index contributed by atoms with van der Waals surface area (Å²) in [5, 5.41) is 15.9. The Morgan fingerprint density at radius 1 is 1.19 bits per heavy atom. The molecule has 0 unspecified atom stereocenters. The van der Waals surface area contributed by atoms with Crippen LogP contribution in [0.3, 0.4) is 0 Å². The first-order chi connectivity index (χ1) is 9.67. The molecule has 21 heavy (non-hydrogen) atoms. The summed E-state index contributed by atoms with van der Waals surface area (Å²) in [5.41, 5.74) is 0.125. The molecule has 0 atom stereocenters. The molecule has 126 valence electrons. The van der Waals surface area contributed by atoms with Gasteiger partial charge in [0.2, 0.25) is 0 Å². The van der Waals surface area contributed by atoms with Crippen LogP contribution in [0, 0.1) is 5.41 Å². The number of aliphatic hydroxyl groups is 1. The van der Waals surface area contributed by atoms with Crippen molar-refractivity contribution in [2.45, 2.75) is 53.4 Å². The minimum absolute atomic E-state index is 0. The van der Waals surface area contributed by atoms with Gasteiger partial charge in [-0.2, -0.15) is 0 Å². The predicted octanol–water partition coefficient (Wildman–Crippen LogP) is 3.31. The Bertz CT molecular complexity index is 289. The summed E-state index contributed by atoms with van der Waals surface area (Å²) in [6, 6.07) is 0. The molecule has 0 fully saturated rings. The number of aliphatic hydroxyl groups excluding tert-OH is 1. The molecule has 0 aliphatic carbocycles. The third-order valence-electron chi connectivity index (χ3n) is 3.90. The lowest BCUT2D eigenvalue weighted by molar-refractivity contribution is 0.175.